The summed E-state index contributed by atoms with van der Waals surface area (Å²) < 4.78 is 11.2. The molecular formula is C14H19ClN2O3. The molecule has 1 unspecified atom stereocenters. The first-order valence-electron chi connectivity index (χ1n) is 6.60. The molecule has 1 aliphatic heterocycles. The van der Waals surface area contributed by atoms with Gasteiger partial charge in [0.25, 0.3) is 6.29 Å². The maximum Gasteiger partial charge on any atom is 0.412 e. The maximum atomic E-state index is 11.9. The fraction of sp³-hybridized carbons (Fsp3) is 0.571. The highest BCUT2D eigenvalue weighted by molar-refractivity contribution is 6.29. The first-order chi connectivity index (χ1) is 9.36. The third-order valence-electron chi connectivity index (χ3n) is 2.97. The van der Waals surface area contributed by atoms with Crippen molar-refractivity contribution >= 4 is 17.7 Å². The third kappa shape index (κ3) is 3.76. The van der Waals surface area contributed by atoms with Crippen molar-refractivity contribution in [1.29, 1.82) is 0 Å². The van der Waals surface area contributed by atoms with E-state index >= 15 is 0 Å². The minimum absolute atomic E-state index is 0.337. The predicted octanol–water partition coefficient (Wildman–Crippen LogP) is 3.33. The quantitative estimate of drug-likeness (QED) is 0.634. The summed E-state index contributed by atoms with van der Waals surface area (Å²) in [5.41, 5.74) is -0.351. The summed E-state index contributed by atoms with van der Waals surface area (Å²) in [4.78, 5) is 17.5. The number of likely N-dealkylation sites (tertiary alicyclic amines) is 1. The van der Waals surface area contributed by atoms with Crippen LogP contribution in [-0.4, -0.2) is 35.4 Å². The largest absolute Gasteiger partial charge is 0.454 e. The summed E-state index contributed by atoms with van der Waals surface area (Å²) in [5, 5.41) is 0.337. The highest BCUT2D eigenvalue weighted by Gasteiger charge is 2.33. The number of hydrogen-bond donors (Lipinski definition) is 0. The van der Waals surface area contributed by atoms with Crippen LogP contribution in [0.4, 0.5) is 4.79 Å². The average Bonchev–Trinajstić information content (AvgIpc) is 2.24. The molecule has 0 radical (unpaired) electrons. The summed E-state index contributed by atoms with van der Waals surface area (Å²) in [5.74, 6) is 0.529. The van der Waals surface area contributed by atoms with Gasteiger partial charge in [-0.2, -0.15) is 0 Å². The number of amides is 1. The Balaban J connectivity index is 2.05. The van der Waals surface area contributed by atoms with E-state index in [4.69, 9.17) is 21.1 Å². The molecular weight excluding hydrogens is 280 g/mol. The van der Waals surface area contributed by atoms with Gasteiger partial charge >= 0.3 is 6.09 Å². The zero-order valence-corrected chi connectivity index (χ0v) is 12.7. The van der Waals surface area contributed by atoms with Gasteiger partial charge in [-0.25, -0.2) is 9.78 Å². The van der Waals surface area contributed by atoms with Crippen LogP contribution in [-0.2, 0) is 4.74 Å². The average molecular weight is 299 g/mol. The van der Waals surface area contributed by atoms with Gasteiger partial charge in [0, 0.05) is 30.8 Å². The van der Waals surface area contributed by atoms with E-state index in [1.54, 1.807) is 23.2 Å². The van der Waals surface area contributed by atoms with Gasteiger partial charge in [0.15, 0.2) is 0 Å². The zero-order chi connectivity index (χ0) is 14.8. The lowest BCUT2D eigenvalue weighted by Gasteiger charge is -2.35. The highest BCUT2D eigenvalue weighted by atomic mass is 35.5. The standard InChI is InChI=1S/C14H19ClN2O3/c1-14(2,3)12(20-13(18)17-7-4-8-17)19-10-5-6-16-11(15)9-10/h5-6,9,12H,4,7-8H2,1-3H3. The third-order valence-corrected chi connectivity index (χ3v) is 3.18. The lowest BCUT2D eigenvalue weighted by atomic mass is 9.96. The van der Waals surface area contributed by atoms with Crippen molar-refractivity contribution in [3.63, 3.8) is 0 Å². The summed E-state index contributed by atoms with van der Waals surface area (Å²) in [6.45, 7) is 7.34. The number of rotatable bonds is 3. The Bertz CT molecular complexity index is 484. The molecule has 5 nitrogen and oxygen atoms in total. The Morgan fingerprint density at radius 1 is 1.45 bits per heavy atom. The molecule has 1 aliphatic rings. The second-order valence-corrected chi connectivity index (χ2v) is 6.24. The van der Waals surface area contributed by atoms with Gasteiger partial charge < -0.3 is 14.4 Å². The monoisotopic (exact) mass is 298 g/mol. The van der Waals surface area contributed by atoms with Gasteiger partial charge in [-0.15, -0.1) is 0 Å². The molecule has 0 N–H and O–H groups in total. The Morgan fingerprint density at radius 2 is 2.15 bits per heavy atom. The summed E-state index contributed by atoms with van der Waals surface area (Å²) in [6.07, 6.45) is 1.55. The Hall–Kier alpha value is -1.49. The van der Waals surface area contributed by atoms with Crippen LogP contribution in [0, 0.1) is 5.41 Å². The summed E-state index contributed by atoms with van der Waals surface area (Å²) in [7, 11) is 0. The van der Waals surface area contributed by atoms with Gasteiger partial charge in [-0.05, 0) is 12.5 Å². The number of pyridine rings is 1. The highest BCUT2D eigenvalue weighted by Crippen LogP contribution is 2.27. The molecule has 20 heavy (non-hydrogen) atoms. The molecule has 1 atom stereocenters. The van der Waals surface area contributed by atoms with Crippen LogP contribution >= 0.6 is 11.6 Å². The van der Waals surface area contributed by atoms with Crippen molar-refractivity contribution in [2.45, 2.75) is 33.5 Å². The van der Waals surface area contributed by atoms with Gasteiger partial charge in [0.1, 0.15) is 10.9 Å². The van der Waals surface area contributed by atoms with Crippen LogP contribution < -0.4 is 4.74 Å². The van der Waals surface area contributed by atoms with Crippen LogP contribution in [0.5, 0.6) is 5.75 Å². The summed E-state index contributed by atoms with van der Waals surface area (Å²) in [6, 6.07) is 3.28. The molecule has 0 aromatic carbocycles. The van der Waals surface area contributed by atoms with Crippen molar-refractivity contribution in [2.75, 3.05) is 13.1 Å². The van der Waals surface area contributed by atoms with E-state index in [9.17, 15) is 4.79 Å². The van der Waals surface area contributed by atoms with E-state index in [0.29, 0.717) is 10.9 Å². The van der Waals surface area contributed by atoms with Gasteiger partial charge in [0.05, 0.1) is 0 Å². The Morgan fingerprint density at radius 3 is 2.65 bits per heavy atom. The van der Waals surface area contributed by atoms with Crippen LogP contribution in [0.25, 0.3) is 0 Å². The van der Waals surface area contributed by atoms with Gasteiger partial charge in [0.2, 0.25) is 0 Å². The molecule has 1 saturated heterocycles. The summed E-state index contributed by atoms with van der Waals surface area (Å²) >= 11 is 5.82. The normalized spacial score (nSPS) is 16.3. The van der Waals surface area contributed by atoms with Crippen LogP contribution in [0.2, 0.25) is 5.15 Å². The topological polar surface area (TPSA) is 51.7 Å². The lowest BCUT2D eigenvalue weighted by Crippen LogP contribution is -2.46. The predicted molar refractivity (Wildman–Crippen MR) is 75.8 cm³/mol. The molecule has 1 fully saturated rings. The second-order valence-electron chi connectivity index (χ2n) is 5.85. The first kappa shape index (κ1) is 14.9. The molecule has 2 rings (SSSR count). The number of carbonyl (C=O) groups excluding carboxylic acids is 1. The van der Waals surface area contributed by atoms with E-state index < -0.39 is 6.29 Å². The SMILES string of the molecule is CC(C)(C)C(OC(=O)N1CCC1)Oc1ccnc(Cl)c1. The van der Waals surface area contributed by atoms with Crippen LogP contribution in [0.15, 0.2) is 18.3 Å². The van der Waals surface area contributed by atoms with Gasteiger partial charge in [-0.1, -0.05) is 32.4 Å². The second kappa shape index (κ2) is 5.87. The molecule has 2 heterocycles. The molecule has 0 spiro atoms. The van der Waals surface area contributed by atoms with Crippen molar-refractivity contribution in [2.24, 2.45) is 5.41 Å². The maximum absolute atomic E-state index is 11.9. The first-order valence-corrected chi connectivity index (χ1v) is 6.98. The van der Waals surface area contributed by atoms with E-state index in [2.05, 4.69) is 4.98 Å². The van der Waals surface area contributed by atoms with Crippen molar-refractivity contribution < 1.29 is 14.3 Å². The zero-order valence-electron chi connectivity index (χ0n) is 11.9. The van der Waals surface area contributed by atoms with Crippen molar-refractivity contribution in [3.8, 4) is 5.75 Å². The minimum Gasteiger partial charge on any atom is -0.454 e. The number of carbonyl (C=O) groups is 1. The number of ether oxygens (including phenoxy) is 2. The Labute approximate surface area is 123 Å². The molecule has 0 aliphatic carbocycles. The fourth-order valence-electron chi connectivity index (χ4n) is 1.62. The van der Waals surface area contributed by atoms with Crippen molar-refractivity contribution in [1.82, 2.24) is 9.88 Å². The van der Waals surface area contributed by atoms with E-state index in [0.717, 1.165) is 19.5 Å². The van der Waals surface area contributed by atoms with E-state index in [-0.39, 0.29) is 11.5 Å². The molecule has 1 aromatic heterocycles. The molecule has 1 aromatic rings. The molecule has 6 heteroatoms. The van der Waals surface area contributed by atoms with Crippen LogP contribution in [0.3, 0.4) is 0 Å². The number of hydrogen-bond acceptors (Lipinski definition) is 4. The smallest absolute Gasteiger partial charge is 0.412 e. The van der Waals surface area contributed by atoms with Crippen molar-refractivity contribution in [3.05, 3.63) is 23.5 Å². The number of aromatic nitrogens is 1. The lowest BCUT2D eigenvalue weighted by molar-refractivity contribution is -0.111. The fourth-order valence-corrected chi connectivity index (χ4v) is 1.79. The van der Waals surface area contributed by atoms with E-state index in [1.165, 1.54) is 0 Å². The minimum atomic E-state index is -0.686. The Kier molecular flexibility index (Phi) is 4.38. The number of halogens is 1. The molecule has 0 saturated carbocycles. The molecule has 110 valence electrons. The number of nitrogens with zero attached hydrogens (tertiary/aromatic N) is 2. The molecule has 1 amide bonds. The molecule has 0 bridgehead atoms. The van der Waals surface area contributed by atoms with Gasteiger partial charge in [-0.3, -0.25) is 0 Å². The van der Waals surface area contributed by atoms with Crippen LogP contribution in [0.1, 0.15) is 27.2 Å². The van der Waals surface area contributed by atoms with E-state index in [1.807, 2.05) is 20.8 Å².